The third-order valence-corrected chi connectivity index (χ3v) is 26.7. The van der Waals surface area contributed by atoms with Gasteiger partial charge in [-0.05, 0) is 301 Å². The number of anilines is 15. The Morgan fingerprint density at radius 1 is 0.109 bits per heavy atom. The van der Waals surface area contributed by atoms with Crippen LogP contribution in [0.1, 0.15) is 0 Å². The van der Waals surface area contributed by atoms with Gasteiger partial charge < -0.3 is 29.4 Å². The van der Waals surface area contributed by atoms with Crippen LogP contribution in [0.3, 0.4) is 0 Å². The molecule has 0 N–H and O–H groups in total. The lowest BCUT2D eigenvalue weighted by Crippen LogP contribution is -2.10. The summed E-state index contributed by atoms with van der Waals surface area (Å²) in [5.74, 6) is 0. The van der Waals surface area contributed by atoms with Gasteiger partial charge in [0.05, 0.1) is 0 Å². The topological polar surface area (TPSA) is 19.4 Å². The molecule has 0 aliphatic rings. The van der Waals surface area contributed by atoms with Crippen LogP contribution >= 0.6 is 0 Å². The van der Waals surface area contributed by atoms with Crippen molar-refractivity contribution in [3.05, 3.63) is 540 Å². The van der Waals surface area contributed by atoms with Gasteiger partial charge in [0.15, 0.2) is 0 Å². The van der Waals surface area contributed by atoms with Crippen molar-refractivity contribution in [2.24, 2.45) is 0 Å². The second-order valence-corrected chi connectivity index (χ2v) is 35.1. The molecule has 0 atom stereocenters. The third kappa shape index (κ3) is 18.1. The Kier molecular flexibility index (Phi) is 23.6. The normalized spacial score (nSPS) is 11.2. The summed E-state index contributed by atoms with van der Waals surface area (Å²) in [6, 6.07) is 194. The van der Waals surface area contributed by atoms with Crippen LogP contribution in [0.15, 0.2) is 540 Å². The van der Waals surface area contributed by atoms with E-state index in [1.807, 2.05) is 0 Å². The molecule has 0 spiro atoms. The minimum Gasteiger partial charge on any atom is -0.345 e. The number of benzene rings is 24. The SMILES string of the molecule is CN(c1ccc(-c2ccc(N(c3ccc4ccccc4c3)c3ccc4ccccc4c3)cc2)cc1)c1ccc2ccccc2c1.CN(c1ccc(-c2ccc(N(c3ccc4ccccc4c3)c3ccc4ccccc4c3)cc2)cc1)c1cccc2ccccc12.CN(c1ccc(-c2ccccc2)cc1)c1ccc(-c2ccc(N(c3ccc4ccccc4c3)c3ccc4ccccc4c3)cc2)cc1. The molecule has 0 saturated carbocycles. The van der Waals surface area contributed by atoms with E-state index in [4.69, 9.17) is 0 Å². The fraction of sp³-hybridized carbons (Fsp3) is 0.0229. The van der Waals surface area contributed by atoms with Gasteiger partial charge in [0.1, 0.15) is 0 Å². The second kappa shape index (κ2) is 38.2. The van der Waals surface area contributed by atoms with E-state index in [-0.39, 0.29) is 0 Å². The van der Waals surface area contributed by atoms with Crippen molar-refractivity contribution in [2.45, 2.75) is 0 Å². The van der Waals surface area contributed by atoms with E-state index in [0.717, 1.165) is 73.9 Å². The fourth-order valence-corrected chi connectivity index (χ4v) is 19.1. The van der Waals surface area contributed by atoms with Crippen molar-refractivity contribution < 1.29 is 0 Å². The maximum atomic E-state index is 2.35. The first-order valence-electron chi connectivity index (χ1n) is 46.9. The molecule has 652 valence electrons. The number of hydrogen-bond donors (Lipinski definition) is 0. The summed E-state index contributed by atoms with van der Waals surface area (Å²) in [5, 5.41) is 19.8. The van der Waals surface area contributed by atoms with Crippen molar-refractivity contribution >= 4 is 171 Å². The zero-order valence-electron chi connectivity index (χ0n) is 76.6. The zero-order valence-corrected chi connectivity index (χ0v) is 76.6. The maximum absolute atomic E-state index is 2.35. The Bertz CT molecular complexity index is 8190. The molecule has 0 fully saturated rings. The molecule has 0 heterocycles. The van der Waals surface area contributed by atoms with E-state index in [2.05, 4.69) is 590 Å². The molecule has 24 aromatic rings. The Labute approximate surface area is 800 Å². The van der Waals surface area contributed by atoms with Gasteiger partial charge in [0.25, 0.3) is 0 Å². The van der Waals surface area contributed by atoms with E-state index in [1.54, 1.807) is 0 Å². The van der Waals surface area contributed by atoms with E-state index >= 15 is 0 Å². The molecule has 0 aliphatic carbocycles. The Morgan fingerprint density at radius 2 is 0.285 bits per heavy atom. The minimum absolute atomic E-state index is 1.12. The number of nitrogens with zero attached hydrogens (tertiary/aromatic N) is 6. The van der Waals surface area contributed by atoms with Gasteiger partial charge in [0, 0.05) is 112 Å². The van der Waals surface area contributed by atoms with Crippen LogP contribution in [-0.2, 0) is 0 Å². The second-order valence-electron chi connectivity index (χ2n) is 35.1. The average molecular weight is 1760 g/mol. The highest BCUT2D eigenvalue weighted by Crippen LogP contribution is 2.45. The molecule has 0 aromatic heterocycles. The maximum Gasteiger partial charge on any atom is 0.0487 e. The van der Waals surface area contributed by atoms with Gasteiger partial charge in [-0.15, -0.1) is 0 Å². The van der Waals surface area contributed by atoms with Crippen molar-refractivity contribution in [2.75, 3.05) is 50.5 Å². The summed E-state index contributed by atoms with van der Waals surface area (Å²) >= 11 is 0. The highest BCUT2D eigenvalue weighted by atomic mass is 15.2. The molecule has 6 heteroatoms. The van der Waals surface area contributed by atoms with Gasteiger partial charge in [0.2, 0.25) is 0 Å². The van der Waals surface area contributed by atoms with Crippen LogP contribution in [0, 0.1) is 0 Å². The van der Waals surface area contributed by atoms with E-state index in [0.29, 0.717) is 0 Å². The zero-order chi connectivity index (χ0) is 91.9. The molecule has 6 nitrogen and oxygen atoms in total. The Balaban J connectivity index is 0.000000119. The predicted octanol–water partition coefficient (Wildman–Crippen LogP) is 36.7. The van der Waals surface area contributed by atoms with Gasteiger partial charge in [-0.2, -0.15) is 0 Å². The first-order valence-corrected chi connectivity index (χ1v) is 46.9. The van der Waals surface area contributed by atoms with Crippen LogP contribution in [-0.4, -0.2) is 21.1 Å². The van der Waals surface area contributed by atoms with Gasteiger partial charge in [-0.25, -0.2) is 0 Å². The number of hydrogen-bond acceptors (Lipinski definition) is 6. The molecule has 0 bridgehead atoms. The third-order valence-electron chi connectivity index (χ3n) is 26.7. The summed E-state index contributed by atoms with van der Waals surface area (Å²) in [6.45, 7) is 0. The average Bonchev–Trinajstić information content (AvgIpc) is 0.780. The molecular weight excluding hydrogens is 1660 g/mol. The number of fused-ring (bicyclic) bond motifs is 8. The first kappa shape index (κ1) is 84.7. The lowest BCUT2D eigenvalue weighted by molar-refractivity contribution is 1.21. The molecule has 0 unspecified atom stereocenters. The molecule has 0 amide bonds. The Hall–Kier alpha value is -17.8. The fourth-order valence-electron chi connectivity index (χ4n) is 19.1. The molecule has 0 saturated heterocycles. The van der Waals surface area contributed by atoms with Crippen molar-refractivity contribution in [3.8, 4) is 44.5 Å². The highest BCUT2D eigenvalue weighted by Gasteiger charge is 2.21. The van der Waals surface area contributed by atoms with Crippen molar-refractivity contribution in [1.82, 2.24) is 0 Å². The largest absolute Gasteiger partial charge is 0.345 e. The molecule has 24 rings (SSSR count). The first-order chi connectivity index (χ1) is 67.6. The summed E-state index contributed by atoms with van der Waals surface area (Å²) in [7, 11) is 6.39. The summed E-state index contributed by atoms with van der Waals surface area (Å²) in [6.07, 6.45) is 0. The smallest absolute Gasteiger partial charge is 0.0487 e. The molecule has 24 aromatic carbocycles. The Morgan fingerprint density at radius 3 is 0.547 bits per heavy atom. The van der Waals surface area contributed by atoms with E-state index < -0.39 is 0 Å². The van der Waals surface area contributed by atoms with Crippen LogP contribution in [0.25, 0.3) is 131 Å². The van der Waals surface area contributed by atoms with Crippen LogP contribution in [0.2, 0.25) is 0 Å². The monoisotopic (exact) mass is 1750 g/mol. The molecule has 137 heavy (non-hydrogen) atoms. The van der Waals surface area contributed by atoms with E-state index in [9.17, 15) is 0 Å². The summed E-state index contributed by atoms with van der Waals surface area (Å²) in [5.41, 5.74) is 26.8. The highest BCUT2D eigenvalue weighted by molar-refractivity contribution is 6.00. The van der Waals surface area contributed by atoms with Gasteiger partial charge in [-0.3, -0.25) is 0 Å². The van der Waals surface area contributed by atoms with Crippen LogP contribution in [0.4, 0.5) is 85.3 Å². The van der Waals surface area contributed by atoms with E-state index in [1.165, 1.54) is 142 Å². The molecular formula is C131H98N6. The lowest BCUT2D eigenvalue weighted by Gasteiger charge is -2.26. The molecule has 0 radical (unpaired) electrons. The standard InChI is InChI=1S/C45H34N2.2C43H32N2/c1-46(41-23-15-36(16-24-41)33-9-3-2-4-10-33)42-25-17-37(18-26-42)38-19-27-43(28-20-38)47(44-29-21-34-11-5-7-13-39(34)31-44)45-30-22-35-12-6-8-14-40(35)32-45;1-44(41-25-18-31-8-2-5-11-36(31)28-41)39-21-14-34(15-22-39)35-16-23-40(24-17-35)45(42-26-19-32-9-3-6-12-37(32)29-42)43-27-20-33-10-4-7-13-38(33)30-43;1-44(43-16-8-14-35-11-6-7-15-42(35)43)38-23-17-33(18-24-38)34-19-25-39(26-20-34)45(40-27-21-31-9-2-4-12-36(31)29-40)41-28-22-32-10-3-5-13-37(32)30-41/h2-32H,1H3;2*2-30H,1H3. The molecule has 0 aliphatic heterocycles. The summed E-state index contributed by atoms with van der Waals surface area (Å²) < 4.78 is 0. The minimum atomic E-state index is 1.12. The van der Waals surface area contributed by atoms with Gasteiger partial charge >= 0.3 is 0 Å². The van der Waals surface area contributed by atoms with Crippen LogP contribution < -0.4 is 29.4 Å². The van der Waals surface area contributed by atoms with Gasteiger partial charge in [-0.1, -0.05) is 364 Å². The predicted molar refractivity (Wildman–Crippen MR) is 589 cm³/mol. The van der Waals surface area contributed by atoms with Crippen molar-refractivity contribution in [1.29, 1.82) is 0 Å². The van der Waals surface area contributed by atoms with Crippen molar-refractivity contribution in [3.63, 3.8) is 0 Å². The quantitative estimate of drug-likeness (QED) is 0.0798. The van der Waals surface area contributed by atoms with Crippen LogP contribution in [0.5, 0.6) is 0 Å². The number of rotatable bonds is 19. The summed E-state index contributed by atoms with van der Waals surface area (Å²) in [4.78, 5) is 13.8. The lowest BCUT2D eigenvalue weighted by atomic mass is 10.0.